The molecule has 0 saturated carbocycles. The minimum atomic E-state index is -0.358. The van der Waals surface area contributed by atoms with Crippen LogP contribution in [0.2, 0.25) is 0 Å². The van der Waals surface area contributed by atoms with E-state index in [0.717, 1.165) is 91.7 Å². The van der Waals surface area contributed by atoms with E-state index in [1.54, 1.807) is 35.2 Å². The summed E-state index contributed by atoms with van der Waals surface area (Å²) in [6, 6.07) is 19.1. The molecule has 3 aromatic carbocycles. The van der Waals surface area contributed by atoms with Crippen molar-refractivity contribution in [3.8, 4) is 5.75 Å². The van der Waals surface area contributed by atoms with Gasteiger partial charge in [0.25, 0.3) is 5.91 Å². The Morgan fingerprint density at radius 1 is 0.900 bits per heavy atom. The number of fused-ring (bicyclic) bond motifs is 1. The van der Waals surface area contributed by atoms with E-state index in [4.69, 9.17) is 21.9 Å². The van der Waals surface area contributed by atoms with Crippen molar-refractivity contribution in [2.75, 3.05) is 63.9 Å². The molecule has 4 aliphatic heterocycles. The number of nitrogens with one attached hydrogen (secondary N) is 1. The van der Waals surface area contributed by atoms with Crippen LogP contribution in [-0.2, 0) is 9.53 Å². The number of para-hydroxylation sites is 1. The lowest BCUT2D eigenvalue weighted by atomic mass is 9.93. The van der Waals surface area contributed by atoms with Crippen LogP contribution < -0.4 is 27.4 Å². The van der Waals surface area contributed by atoms with Gasteiger partial charge in [-0.05, 0) is 111 Å². The van der Waals surface area contributed by atoms with Crippen LogP contribution in [-0.4, -0.2) is 101 Å². The Labute approximate surface area is 351 Å². The predicted molar refractivity (Wildman–Crippen MR) is 233 cm³/mol. The number of hydrogen-bond acceptors (Lipinski definition) is 10. The van der Waals surface area contributed by atoms with Gasteiger partial charge in [0.15, 0.2) is 0 Å². The molecule has 0 radical (unpaired) electrons. The number of carbonyl (C=O) groups is 3. The average Bonchev–Trinajstić information content (AvgIpc) is 3.66. The summed E-state index contributed by atoms with van der Waals surface area (Å²) in [6.07, 6.45) is 7.95. The van der Waals surface area contributed by atoms with Gasteiger partial charge < -0.3 is 46.3 Å². The Hall–Kier alpha value is -5.99. The van der Waals surface area contributed by atoms with E-state index >= 15 is 0 Å². The van der Waals surface area contributed by atoms with Crippen molar-refractivity contribution in [1.29, 1.82) is 0 Å². The number of nitrogens with zero attached hydrogens (tertiary/aromatic N) is 5. The van der Waals surface area contributed by atoms with Gasteiger partial charge in [-0.3, -0.25) is 19.8 Å². The van der Waals surface area contributed by atoms with Crippen LogP contribution in [0.3, 0.4) is 0 Å². The molecule has 14 heteroatoms. The summed E-state index contributed by atoms with van der Waals surface area (Å²) >= 11 is 0. The first kappa shape index (κ1) is 40.8. The highest BCUT2D eigenvalue weighted by atomic mass is 16.5. The van der Waals surface area contributed by atoms with E-state index in [2.05, 4.69) is 40.0 Å². The van der Waals surface area contributed by atoms with Crippen molar-refractivity contribution >= 4 is 40.1 Å². The molecule has 1 aromatic heterocycles. The summed E-state index contributed by atoms with van der Waals surface area (Å²) in [5, 5.41) is 13.8. The quantitative estimate of drug-likeness (QED) is 0.143. The number of rotatable bonds is 9. The Morgan fingerprint density at radius 2 is 1.67 bits per heavy atom. The summed E-state index contributed by atoms with van der Waals surface area (Å²) < 4.78 is 8.60. The van der Waals surface area contributed by atoms with Gasteiger partial charge >= 0.3 is 6.03 Å². The number of allylic oxidation sites excluding steroid dienone is 1. The largest absolute Gasteiger partial charge is 0.507 e. The number of ether oxygens (including phenoxy) is 1. The molecule has 0 bridgehead atoms. The fourth-order valence-corrected chi connectivity index (χ4v) is 9.49. The van der Waals surface area contributed by atoms with Gasteiger partial charge in [0, 0.05) is 93.2 Å². The molecule has 4 fully saturated rings. The molecule has 8 rings (SSSR count). The van der Waals surface area contributed by atoms with Crippen LogP contribution in [0.5, 0.6) is 5.75 Å². The second-order valence-corrected chi connectivity index (χ2v) is 16.8. The molecule has 4 aromatic rings. The minimum Gasteiger partial charge on any atom is -0.507 e. The number of benzene rings is 3. The Kier molecular flexibility index (Phi) is 11.8. The van der Waals surface area contributed by atoms with Gasteiger partial charge in [0.05, 0.1) is 23.5 Å². The summed E-state index contributed by atoms with van der Waals surface area (Å²) in [7, 11) is 0. The maximum absolute atomic E-state index is 13.8. The second-order valence-electron chi connectivity index (χ2n) is 16.8. The van der Waals surface area contributed by atoms with Crippen molar-refractivity contribution in [2.24, 2.45) is 23.1 Å². The van der Waals surface area contributed by atoms with Crippen LogP contribution in [0.4, 0.5) is 10.5 Å². The summed E-state index contributed by atoms with van der Waals surface area (Å²) in [5.74, 6) is 0.582. The third-order valence-electron chi connectivity index (χ3n) is 12.7. The SMILES string of the molecule is Cc1cc(N2CCC(=O)NC2=O)c2ccn(C3CCN(CC4CCN(C(=O)c5ccc(C6CN(C(/C=C(\N)c7ccccc7O)=C(N)N)CCO6)c(C)c5)CC4)CC3)c2c1. The minimum absolute atomic E-state index is 0.0627. The number of amides is 4. The zero-order valence-corrected chi connectivity index (χ0v) is 34.6. The van der Waals surface area contributed by atoms with E-state index in [1.807, 2.05) is 41.0 Å². The Balaban J connectivity index is 0.833. The third-order valence-corrected chi connectivity index (χ3v) is 12.7. The molecule has 4 amide bonds. The fourth-order valence-electron chi connectivity index (χ4n) is 9.49. The number of piperidine rings is 2. The van der Waals surface area contributed by atoms with Crippen molar-refractivity contribution < 1.29 is 24.2 Å². The second kappa shape index (κ2) is 17.3. The number of anilines is 1. The number of morpholine rings is 1. The van der Waals surface area contributed by atoms with Crippen LogP contribution in [0.25, 0.3) is 16.6 Å². The predicted octanol–water partition coefficient (Wildman–Crippen LogP) is 5.06. The summed E-state index contributed by atoms with van der Waals surface area (Å²) in [6.45, 7) is 10.5. The van der Waals surface area contributed by atoms with Crippen LogP contribution in [0, 0.1) is 19.8 Å². The van der Waals surface area contributed by atoms with Crippen molar-refractivity contribution in [3.63, 3.8) is 0 Å². The maximum Gasteiger partial charge on any atom is 0.328 e. The number of nitrogens with two attached hydrogens (primary N) is 3. The van der Waals surface area contributed by atoms with Crippen molar-refractivity contribution in [1.82, 2.24) is 24.6 Å². The molecule has 8 N–H and O–H groups in total. The first-order valence-corrected chi connectivity index (χ1v) is 21.2. The lowest BCUT2D eigenvalue weighted by Crippen LogP contribution is -2.49. The topological polar surface area (TPSA) is 189 Å². The van der Waals surface area contributed by atoms with E-state index in [1.165, 1.54) is 0 Å². The molecule has 1 atom stereocenters. The van der Waals surface area contributed by atoms with Crippen molar-refractivity contribution in [2.45, 2.75) is 58.1 Å². The first-order valence-electron chi connectivity index (χ1n) is 21.2. The van der Waals surface area contributed by atoms with Gasteiger partial charge in [-0.1, -0.05) is 18.2 Å². The summed E-state index contributed by atoms with van der Waals surface area (Å²) in [5.41, 5.74) is 25.8. The number of aromatic hydroxyl groups is 1. The van der Waals surface area contributed by atoms with E-state index in [-0.39, 0.29) is 35.5 Å². The van der Waals surface area contributed by atoms with Crippen LogP contribution in [0.1, 0.15) is 76.9 Å². The molecular weight excluding hydrogens is 759 g/mol. The molecule has 60 heavy (non-hydrogen) atoms. The number of likely N-dealkylation sites (tertiary alicyclic amines) is 2. The smallest absolute Gasteiger partial charge is 0.328 e. The van der Waals surface area contributed by atoms with E-state index in [0.29, 0.717) is 67.1 Å². The zero-order chi connectivity index (χ0) is 42.1. The lowest BCUT2D eigenvalue weighted by molar-refractivity contribution is -0.120. The Morgan fingerprint density at radius 3 is 2.38 bits per heavy atom. The highest BCUT2D eigenvalue weighted by molar-refractivity contribution is 6.10. The monoisotopic (exact) mass is 815 g/mol. The molecule has 1 unspecified atom stereocenters. The highest BCUT2D eigenvalue weighted by Gasteiger charge is 2.31. The number of aromatic nitrogens is 1. The normalized spacial score (nSPS) is 20.1. The van der Waals surface area contributed by atoms with E-state index < -0.39 is 0 Å². The Bertz CT molecular complexity index is 2330. The molecule has 0 spiro atoms. The average molecular weight is 816 g/mol. The highest BCUT2D eigenvalue weighted by Crippen LogP contribution is 2.36. The van der Waals surface area contributed by atoms with Crippen LogP contribution >= 0.6 is 0 Å². The number of carbonyl (C=O) groups excluding carboxylic acids is 3. The number of imide groups is 1. The number of phenolic OH excluding ortho intramolecular Hbond substituents is 1. The molecule has 14 nitrogen and oxygen atoms in total. The number of phenols is 1. The third kappa shape index (κ3) is 8.52. The maximum atomic E-state index is 13.8. The fraction of sp³-hybridized carbons (Fsp3) is 0.413. The van der Waals surface area contributed by atoms with Gasteiger partial charge in [0.2, 0.25) is 5.91 Å². The molecule has 4 saturated heterocycles. The molecule has 4 aliphatic rings. The van der Waals surface area contributed by atoms with Gasteiger partial charge in [-0.15, -0.1) is 0 Å². The standard InChI is InChI=1S/C46H57N9O5/c1-29-23-38-36(39(24-29)55-20-14-43(57)50-46(55)59)13-19-54(38)33-11-15-51(16-12-33)27-31-9-17-52(18-10-31)45(58)32-7-8-34(30(2)25-32)42-28-53(21-22-60-42)40(44(48)49)26-37(47)35-5-3-4-6-41(35)56/h3-8,13,19,23-26,31,33,42,56H,9-12,14-18,20-22,27-28,47-49H2,1-2H3,(H,50,57,59)/b37-26-. The lowest BCUT2D eigenvalue weighted by Gasteiger charge is -2.38. The zero-order valence-electron chi connectivity index (χ0n) is 34.6. The van der Waals surface area contributed by atoms with Gasteiger partial charge in [-0.2, -0.15) is 0 Å². The van der Waals surface area contributed by atoms with E-state index in [9.17, 15) is 19.5 Å². The molecular formula is C46H57N9O5. The van der Waals surface area contributed by atoms with Crippen molar-refractivity contribution in [3.05, 3.63) is 112 Å². The van der Waals surface area contributed by atoms with Crippen LogP contribution in [0.15, 0.2) is 84.5 Å². The number of hydrogen-bond donors (Lipinski definition) is 5. The summed E-state index contributed by atoms with van der Waals surface area (Å²) in [4.78, 5) is 46.6. The molecule has 316 valence electrons. The van der Waals surface area contributed by atoms with Gasteiger partial charge in [0.1, 0.15) is 17.7 Å². The molecule has 0 aliphatic carbocycles. The van der Waals surface area contributed by atoms with Gasteiger partial charge in [-0.25, -0.2) is 4.79 Å². The first-order chi connectivity index (χ1) is 28.9. The number of aryl methyl sites for hydroxylation is 2. The molecule has 5 heterocycles. The number of urea groups is 1.